The third-order valence-corrected chi connectivity index (χ3v) is 5.54. The van der Waals surface area contributed by atoms with Gasteiger partial charge in [0.15, 0.2) is 0 Å². The molecule has 1 fully saturated rings. The second-order valence-corrected chi connectivity index (χ2v) is 6.40. The van der Waals surface area contributed by atoms with Crippen LogP contribution in [-0.4, -0.2) is 10.2 Å². The Kier molecular flexibility index (Phi) is 2.49. The predicted molar refractivity (Wildman–Crippen MR) is 73.9 cm³/mol. The number of aliphatic hydroxyl groups is 1. The van der Waals surface area contributed by atoms with E-state index in [0.29, 0.717) is 11.8 Å². The number of rotatable bonds is 0. The Bertz CT molecular complexity index is 534. The maximum atomic E-state index is 10.4. The molecule has 1 aromatic rings. The Balaban J connectivity index is 1.75. The van der Waals surface area contributed by atoms with Crippen LogP contribution in [0, 0.1) is 17.8 Å². The molecule has 0 amide bonds. The minimum absolute atomic E-state index is 0.271. The molecule has 0 aromatic heterocycles. The van der Waals surface area contributed by atoms with Crippen LogP contribution in [0.2, 0.25) is 0 Å². The topological polar surface area (TPSA) is 40.5 Å². The molecule has 0 heterocycles. The average molecular weight is 256 g/mol. The first kappa shape index (κ1) is 11.5. The van der Waals surface area contributed by atoms with Crippen LogP contribution in [-0.2, 0) is 0 Å². The van der Waals surface area contributed by atoms with Crippen molar-refractivity contribution in [2.45, 2.75) is 37.7 Å². The lowest BCUT2D eigenvalue weighted by molar-refractivity contribution is 0.0635. The number of aromatic hydroxyl groups is 1. The smallest absolute Gasteiger partial charge is 0.115 e. The Labute approximate surface area is 113 Å². The SMILES string of the molecule is Oc1ccc2c(c1)C(O)CC1C2CCC2C=CCC21. The molecular weight excluding hydrogens is 236 g/mol. The zero-order valence-electron chi connectivity index (χ0n) is 11.0. The molecule has 4 rings (SSSR count). The summed E-state index contributed by atoms with van der Waals surface area (Å²) in [7, 11) is 0. The number of allylic oxidation sites excluding steroid dienone is 2. The van der Waals surface area contributed by atoms with E-state index in [9.17, 15) is 10.2 Å². The summed E-state index contributed by atoms with van der Waals surface area (Å²) in [6.07, 6.45) is 8.87. The average Bonchev–Trinajstić information content (AvgIpc) is 2.88. The third kappa shape index (κ3) is 1.66. The van der Waals surface area contributed by atoms with E-state index < -0.39 is 6.10 Å². The predicted octanol–water partition coefficient (Wildman–Crippen LogP) is 3.52. The molecule has 3 aliphatic carbocycles. The summed E-state index contributed by atoms with van der Waals surface area (Å²) in [5, 5.41) is 20.0. The highest BCUT2D eigenvalue weighted by Gasteiger charge is 2.44. The van der Waals surface area contributed by atoms with Crippen LogP contribution >= 0.6 is 0 Å². The Hall–Kier alpha value is -1.28. The van der Waals surface area contributed by atoms with E-state index in [-0.39, 0.29) is 5.75 Å². The third-order valence-electron chi connectivity index (χ3n) is 5.54. The fourth-order valence-electron chi connectivity index (χ4n) is 4.71. The first-order valence-corrected chi connectivity index (χ1v) is 7.41. The van der Waals surface area contributed by atoms with Gasteiger partial charge in [-0.3, -0.25) is 0 Å². The highest BCUT2D eigenvalue weighted by Crippen LogP contribution is 2.55. The van der Waals surface area contributed by atoms with Crippen molar-refractivity contribution in [2.24, 2.45) is 17.8 Å². The summed E-state index contributed by atoms with van der Waals surface area (Å²) in [6.45, 7) is 0. The van der Waals surface area contributed by atoms with Gasteiger partial charge in [-0.1, -0.05) is 18.2 Å². The van der Waals surface area contributed by atoms with Crippen molar-refractivity contribution in [1.29, 1.82) is 0 Å². The lowest BCUT2D eigenvalue weighted by Gasteiger charge is -2.45. The molecule has 0 bridgehead atoms. The van der Waals surface area contributed by atoms with Gasteiger partial charge in [-0.15, -0.1) is 0 Å². The van der Waals surface area contributed by atoms with Crippen molar-refractivity contribution in [3.05, 3.63) is 41.5 Å². The number of phenols is 1. The molecule has 0 spiro atoms. The minimum atomic E-state index is -0.400. The minimum Gasteiger partial charge on any atom is -0.508 e. The van der Waals surface area contributed by atoms with Crippen LogP contribution in [0.4, 0.5) is 0 Å². The summed E-state index contributed by atoms with van der Waals surface area (Å²) in [4.78, 5) is 0. The standard InChI is InChI=1S/C17H20O2/c18-11-5-7-14-13-6-4-10-2-1-3-12(10)15(13)9-17(19)16(14)8-11/h1-2,5,7-8,10,12-13,15,17-19H,3-4,6,9H2. The van der Waals surface area contributed by atoms with Gasteiger partial charge in [0.05, 0.1) is 6.10 Å². The van der Waals surface area contributed by atoms with Gasteiger partial charge in [-0.2, -0.15) is 0 Å². The van der Waals surface area contributed by atoms with E-state index in [2.05, 4.69) is 12.2 Å². The Morgan fingerprint density at radius 3 is 2.84 bits per heavy atom. The number of fused-ring (bicyclic) bond motifs is 5. The first-order chi connectivity index (χ1) is 9.24. The fraction of sp³-hybridized carbons (Fsp3) is 0.529. The van der Waals surface area contributed by atoms with E-state index in [0.717, 1.165) is 23.8 Å². The van der Waals surface area contributed by atoms with Crippen molar-refractivity contribution in [2.75, 3.05) is 0 Å². The zero-order chi connectivity index (χ0) is 13.0. The Morgan fingerprint density at radius 1 is 1.05 bits per heavy atom. The van der Waals surface area contributed by atoms with Crippen molar-refractivity contribution < 1.29 is 10.2 Å². The summed E-state index contributed by atoms with van der Waals surface area (Å²) < 4.78 is 0. The van der Waals surface area contributed by atoms with Crippen LogP contribution in [0.3, 0.4) is 0 Å². The van der Waals surface area contributed by atoms with E-state index in [1.165, 1.54) is 24.8 Å². The molecule has 5 atom stereocenters. The number of hydrogen-bond donors (Lipinski definition) is 2. The second-order valence-electron chi connectivity index (χ2n) is 6.40. The van der Waals surface area contributed by atoms with Crippen molar-refractivity contribution in [3.63, 3.8) is 0 Å². The molecule has 0 aliphatic heterocycles. The molecular formula is C17H20O2. The quantitative estimate of drug-likeness (QED) is 0.697. The molecule has 2 nitrogen and oxygen atoms in total. The molecule has 0 saturated heterocycles. The highest BCUT2D eigenvalue weighted by molar-refractivity contribution is 5.41. The first-order valence-electron chi connectivity index (χ1n) is 7.41. The summed E-state index contributed by atoms with van der Waals surface area (Å²) >= 11 is 0. The number of benzene rings is 1. The van der Waals surface area contributed by atoms with E-state index in [4.69, 9.17) is 0 Å². The van der Waals surface area contributed by atoms with Crippen LogP contribution in [0.5, 0.6) is 5.75 Å². The molecule has 5 unspecified atom stereocenters. The van der Waals surface area contributed by atoms with Gasteiger partial charge in [0.1, 0.15) is 5.75 Å². The Morgan fingerprint density at radius 2 is 1.95 bits per heavy atom. The van der Waals surface area contributed by atoms with E-state index in [1.807, 2.05) is 6.07 Å². The number of phenolic OH excluding ortho intramolecular Hbond substituents is 1. The lowest BCUT2D eigenvalue weighted by atomic mass is 9.60. The molecule has 2 heteroatoms. The maximum absolute atomic E-state index is 10.4. The second kappa shape index (κ2) is 4.11. The van der Waals surface area contributed by atoms with Gasteiger partial charge in [0.25, 0.3) is 0 Å². The normalized spacial score (nSPS) is 39.5. The van der Waals surface area contributed by atoms with Crippen LogP contribution in [0.15, 0.2) is 30.4 Å². The zero-order valence-corrected chi connectivity index (χ0v) is 11.0. The monoisotopic (exact) mass is 256 g/mol. The van der Waals surface area contributed by atoms with Gasteiger partial charge >= 0.3 is 0 Å². The summed E-state index contributed by atoms with van der Waals surface area (Å²) in [5.74, 6) is 2.94. The van der Waals surface area contributed by atoms with Gasteiger partial charge in [-0.25, -0.2) is 0 Å². The fourth-order valence-corrected chi connectivity index (χ4v) is 4.71. The molecule has 1 aromatic carbocycles. The molecule has 3 aliphatic rings. The molecule has 19 heavy (non-hydrogen) atoms. The van der Waals surface area contributed by atoms with Crippen LogP contribution < -0.4 is 0 Å². The summed E-state index contributed by atoms with van der Waals surface area (Å²) in [5.41, 5.74) is 2.25. The van der Waals surface area contributed by atoms with Crippen molar-refractivity contribution >= 4 is 0 Å². The number of hydrogen-bond acceptors (Lipinski definition) is 2. The summed E-state index contributed by atoms with van der Waals surface area (Å²) in [6, 6.07) is 5.57. The van der Waals surface area contributed by atoms with E-state index >= 15 is 0 Å². The molecule has 0 radical (unpaired) electrons. The number of aliphatic hydroxyl groups excluding tert-OH is 1. The molecule has 1 saturated carbocycles. The molecule has 2 N–H and O–H groups in total. The van der Waals surface area contributed by atoms with Crippen LogP contribution in [0.25, 0.3) is 0 Å². The largest absolute Gasteiger partial charge is 0.508 e. The van der Waals surface area contributed by atoms with Gasteiger partial charge < -0.3 is 10.2 Å². The molecule has 100 valence electrons. The van der Waals surface area contributed by atoms with Crippen molar-refractivity contribution in [3.8, 4) is 5.75 Å². The lowest BCUT2D eigenvalue weighted by Crippen LogP contribution is -2.35. The van der Waals surface area contributed by atoms with Crippen molar-refractivity contribution in [1.82, 2.24) is 0 Å². The van der Waals surface area contributed by atoms with Gasteiger partial charge in [0.2, 0.25) is 0 Å². The van der Waals surface area contributed by atoms with E-state index in [1.54, 1.807) is 12.1 Å². The van der Waals surface area contributed by atoms with Crippen LogP contribution in [0.1, 0.15) is 48.8 Å². The van der Waals surface area contributed by atoms with Gasteiger partial charge in [0, 0.05) is 0 Å². The maximum Gasteiger partial charge on any atom is 0.115 e. The van der Waals surface area contributed by atoms with Gasteiger partial charge in [-0.05, 0) is 72.6 Å². The highest BCUT2D eigenvalue weighted by atomic mass is 16.3.